The van der Waals surface area contributed by atoms with Gasteiger partial charge in [-0.2, -0.15) is 0 Å². The minimum absolute atomic E-state index is 0.148. The fourth-order valence-electron chi connectivity index (χ4n) is 3.13. The highest BCUT2D eigenvalue weighted by Gasteiger charge is 2.11. The smallest absolute Gasteiger partial charge is 0.133 e. The van der Waals surface area contributed by atoms with E-state index in [0.29, 0.717) is 11.1 Å². The molecule has 4 aromatic rings. The summed E-state index contributed by atoms with van der Waals surface area (Å²) in [5, 5.41) is 2.29. The zero-order valence-electron chi connectivity index (χ0n) is 13.5. The van der Waals surface area contributed by atoms with Crippen molar-refractivity contribution >= 4 is 10.8 Å². The molecule has 0 bridgehead atoms. The summed E-state index contributed by atoms with van der Waals surface area (Å²) in [4.78, 5) is 0. The Bertz CT molecular complexity index is 1020. The van der Waals surface area contributed by atoms with Gasteiger partial charge in [-0.1, -0.05) is 66.7 Å². The van der Waals surface area contributed by atoms with Crippen LogP contribution in [0.2, 0.25) is 0 Å². The van der Waals surface area contributed by atoms with Gasteiger partial charge < -0.3 is 0 Å². The third-order valence-corrected chi connectivity index (χ3v) is 4.42. The van der Waals surface area contributed by atoms with E-state index in [0.717, 1.165) is 27.5 Å². The largest absolute Gasteiger partial charge is 0.206 e. The first-order chi connectivity index (χ1) is 11.7. The maximum Gasteiger partial charge on any atom is 0.133 e. The Morgan fingerprint density at radius 1 is 0.583 bits per heavy atom. The molecule has 0 spiro atoms. The lowest BCUT2D eigenvalue weighted by molar-refractivity contribution is 0.622. The molecule has 0 saturated heterocycles. The second kappa shape index (κ2) is 5.93. The normalized spacial score (nSPS) is 10.9. The molecular weight excluding hydrogens is 295 g/mol. The molecule has 0 unspecified atom stereocenters. The lowest BCUT2D eigenvalue weighted by Crippen LogP contribution is -1.91. The van der Waals surface area contributed by atoms with Crippen LogP contribution < -0.4 is 0 Å². The van der Waals surface area contributed by atoms with Crippen molar-refractivity contribution < 1.29 is 4.39 Å². The third-order valence-electron chi connectivity index (χ3n) is 4.42. The molecule has 116 valence electrons. The molecule has 0 aromatic heterocycles. The van der Waals surface area contributed by atoms with E-state index in [2.05, 4.69) is 36.4 Å². The lowest BCUT2D eigenvalue weighted by atomic mass is 9.94. The Labute approximate surface area is 141 Å². The monoisotopic (exact) mass is 312 g/mol. The molecule has 24 heavy (non-hydrogen) atoms. The highest BCUT2D eigenvalue weighted by atomic mass is 19.1. The van der Waals surface area contributed by atoms with Gasteiger partial charge in [-0.05, 0) is 58.1 Å². The number of benzene rings is 4. The van der Waals surface area contributed by atoms with Crippen LogP contribution in [0, 0.1) is 12.7 Å². The van der Waals surface area contributed by atoms with E-state index in [1.807, 2.05) is 55.5 Å². The summed E-state index contributed by atoms with van der Waals surface area (Å²) < 4.78 is 14.8. The predicted octanol–water partition coefficient (Wildman–Crippen LogP) is 6.62. The van der Waals surface area contributed by atoms with Crippen molar-refractivity contribution in [3.63, 3.8) is 0 Å². The number of hydrogen-bond donors (Lipinski definition) is 0. The van der Waals surface area contributed by atoms with E-state index in [-0.39, 0.29) is 5.82 Å². The molecule has 4 rings (SSSR count). The quantitative estimate of drug-likeness (QED) is 0.390. The van der Waals surface area contributed by atoms with E-state index in [1.165, 1.54) is 0 Å². The molecule has 1 heteroatoms. The van der Waals surface area contributed by atoms with Gasteiger partial charge >= 0.3 is 0 Å². The number of fused-ring (bicyclic) bond motifs is 1. The fraction of sp³-hybridized carbons (Fsp3) is 0.0435. The Morgan fingerprint density at radius 2 is 1.29 bits per heavy atom. The molecule has 0 nitrogen and oxygen atoms in total. The van der Waals surface area contributed by atoms with Crippen LogP contribution in [0.25, 0.3) is 33.0 Å². The third kappa shape index (κ3) is 2.59. The van der Waals surface area contributed by atoms with E-state index in [1.54, 1.807) is 0 Å². The van der Waals surface area contributed by atoms with Crippen molar-refractivity contribution in [3.8, 4) is 22.3 Å². The average molecular weight is 312 g/mol. The molecule has 0 aliphatic heterocycles. The van der Waals surface area contributed by atoms with Crippen LogP contribution in [0.5, 0.6) is 0 Å². The maximum atomic E-state index is 14.8. The molecule has 0 saturated carbocycles. The van der Waals surface area contributed by atoms with Gasteiger partial charge in [0, 0.05) is 5.56 Å². The summed E-state index contributed by atoms with van der Waals surface area (Å²) in [6.45, 7) is 1.83. The minimum atomic E-state index is -0.148. The van der Waals surface area contributed by atoms with Crippen LogP contribution in [-0.2, 0) is 0 Å². The van der Waals surface area contributed by atoms with Crippen LogP contribution in [0.15, 0.2) is 84.9 Å². The number of rotatable bonds is 2. The minimum Gasteiger partial charge on any atom is -0.206 e. The van der Waals surface area contributed by atoms with Crippen LogP contribution in [0.4, 0.5) is 4.39 Å². The van der Waals surface area contributed by atoms with Crippen LogP contribution in [0.1, 0.15) is 5.56 Å². The molecule has 0 heterocycles. The van der Waals surface area contributed by atoms with Gasteiger partial charge in [0.15, 0.2) is 0 Å². The summed E-state index contributed by atoms with van der Waals surface area (Å²) in [5.41, 5.74) is 4.37. The van der Waals surface area contributed by atoms with Crippen LogP contribution in [-0.4, -0.2) is 0 Å². The molecule has 0 fully saturated rings. The zero-order valence-corrected chi connectivity index (χ0v) is 13.5. The molecular formula is C23H17F. The molecule has 0 aliphatic carbocycles. The Hall–Kier alpha value is -2.93. The number of hydrogen-bond acceptors (Lipinski definition) is 0. The molecule has 0 amide bonds. The first kappa shape index (κ1) is 14.6. The van der Waals surface area contributed by atoms with Crippen molar-refractivity contribution in [2.75, 3.05) is 0 Å². The van der Waals surface area contributed by atoms with Crippen molar-refractivity contribution in [2.24, 2.45) is 0 Å². The maximum absolute atomic E-state index is 14.8. The van der Waals surface area contributed by atoms with Gasteiger partial charge in [0.2, 0.25) is 0 Å². The second-order valence-corrected chi connectivity index (χ2v) is 6.08. The van der Waals surface area contributed by atoms with Gasteiger partial charge in [0.25, 0.3) is 0 Å². The van der Waals surface area contributed by atoms with Gasteiger partial charge in [-0.3, -0.25) is 0 Å². The fourth-order valence-corrected chi connectivity index (χ4v) is 3.13. The highest BCUT2D eigenvalue weighted by molar-refractivity contribution is 5.88. The lowest BCUT2D eigenvalue weighted by Gasteiger charge is -2.11. The first-order valence-corrected chi connectivity index (χ1v) is 8.07. The van der Waals surface area contributed by atoms with Crippen molar-refractivity contribution in [2.45, 2.75) is 6.92 Å². The number of halogens is 1. The average Bonchev–Trinajstić information content (AvgIpc) is 2.64. The molecule has 0 atom stereocenters. The van der Waals surface area contributed by atoms with E-state index in [9.17, 15) is 4.39 Å². The first-order valence-electron chi connectivity index (χ1n) is 8.07. The number of aryl methyl sites for hydroxylation is 1. The topological polar surface area (TPSA) is 0 Å². The van der Waals surface area contributed by atoms with Crippen molar-refractivity contribution in [3.05, 3.63) is 96.3 Å². The Balaban J connectivity index is 1.91. The van der Waals surface area contributed by atoms with Crippen molar-refractivity contribution in [1.29, 1.82) is 0 Å². The summed E-state index contributed by atoms with van der Waals surface area (Å²) >= 11 is 0. The summed E-state index contributed by atoms with van der Waals surface area (Å²) in [6, 6.07) is 28.2. The van der Waals surface area contributed by atoms with E-state index >= 15 is 0 Å². The molecule has 0 N–H and O–H groups in total. The predicted molar refractivity (Wildman–Crippen MR) is 99.5 cm³/mol. The van der Waals surface area contributed by atoms with Crippen molar-refractivity contribution in [1.82, 2.24) is 0 Å². The standard InChI is InChI=1S/C23H17F/c1-16-13-21(17-7-3-2-4-8-17)15-22(23(16)24)20-12-11-18-9-5-6-10-19(18)14-20/h2-15H,1H3. The van der Waals surface area contributed by atoms with Gasteiger partial charge in [0.05, 0.1) is 0 Å². The summed E-state index contributed by atoms with van der Waals surface area (Å²) in [5.74, 6) is -0.148. The molecule has 4 aromatic carbocycles. The van der Waals surface area contributed by atoms with Gasteiger partial charge in [-0.15, -0.1) is 0 Å². The van der Waals surface area contributed by atoms with Gasteiger partial charge in [0.1, 0.15) is 5.82 Å². The van der Waals surface area contributed by atoms with Crippen LogP contribution >= 0.6 is 0 Å². The highest BCUT2D eigenvalue weighted by Crippen LogP contribution is 2.32. The molecule has 0 aliphatic rings. The van der Waals surface area contributed by atoms with E-state index in [4.69, 9.17) is 0 Å². The zero-order chi connectivity index (χ0) is 16.5. The Kier molecular flexibility index (Phi) is 3.62. The van der Waals surface area contributed by atoms with Crippen LogP contribution in [0.3, 0.4) is 0 Å². The molecule has 0 radical (unpaired) electrons. The summed E-state index contributed by atoms with van der Waals surface area (Å²) in [7, 11) is 0. The Morgan fingerprint density at radius 3 is 2.08 bits per heavy atom. The SMILES string of the molecule is Cc1cc(-c2ccccc2)cc(-c2ccc3ccccc3c2)c1F. The van der Waals surface area contributed by atoms with E-state index < -0.39 is 0 Å². The second-order valence-electron chi connectivity index (χ2n) is 6.08. The van der Waals surface area contributed by atoms with Gasteiger partial charge in [-0.25, -0.2) is 4.39 Å². The summed E-state index contributed by atoms with van der Waals surface area (Å²) in [6.07, 6.45) is 0.